The minimum atomic E-state index is -0.122. The quantitative estimate of drug-likeness (QED) is 0.844. The fraction of sp³-hybridized carbons (Fsp3) is 0.533. The van der Waals surface area contributed by atoms with Crippen molar-refractivity contribution in [3.63, 3.8) is 0 Å². The van der Waals surface area contributed by atoms with Crippen LogP contribution < -0.4 is 5.32 Å². The lowest BCUT2D eigenvalue weighted by Gasteiger charge is -2.27. The molecule has 6 heteroatoms. The van der Waals surface area contributed by atoms with Crippen molar-refractivity contribution in [2.75, 3.05) is 6.61 Å². The van der Waals surface area contributed by atoms with E-state index in [0.29, 0.717) is 12.2 Å². The maximum Gasteiger partial charge on any atom is 0.308 e. The predicted octanol–water partition coefficient (Wildman–Crippen LogP) is 2.70. The summed E-state index contributed by atoms with van der Waals surface area (Å²) in [4.78, 5) is 27.8. The SMILES string of the molecule is CCOC(=O)C1CCC(NC(=O)c2cncc(Br)c2)CC1. The smallest absolute Gasteiger partial charge is 0.308 e. The summed E-state index contributed by atoms with van der Waals surface area (Å²) < 4.78 is 5.82. The van der Waals surface area contributed by atoms with Crippen LogP contribution in [0, 0.1) is 5.92 Å². The molecule has 1 amide bonds. The normalized spacial score (nSPS) is 21.6. The van der Waals surface area contributed by atoms with Gasteiger partial charge in [-0.1, -0.05) is 0 Å². The first-order valence-corrected chi connectivity index (χ1v) is 7.97. The van der Waals surface area contributed by atoms with Gasteiger partial charge < -0.3 is 10.1 Å². The fourth-order valence-corrected chi connectivity index (χ4v) is 2.90. The molecule has 1 aliphatic rings. The standard InChI is InChI=1S/C15H19BrN2O3/c1-2-21-15(20)10-3-5-13(6-4-10)18-14(19)11-7-12(16)9-17-8-11/h7-10,13H,2-6H2,1H3,(H,18,19). The number of hydrogen-bond acceptors (Lipinski definition) is 4. The number of carbonyl (C=O) groups is 2. The highest BCUT2D eigenvalue weighted by atomic mass is 79.9. The molecule has 1 aromatic rings. The summed E-state index contributed by atoms with van der Waals surface area (Å²) in [6, 6.07) is 1.86. The van der Waals surface area contributed by atoms with E-state index in [2.05, 4.69) is 26.2 Å². The number of pyridine rings is 1. The van der Waals surface area contributed by atoms with Crippen LogP contribution >= 0.6 is 15.9 Å². The van der Waals surface area contributed by atoms with Crippen LogP contribution in [0.15, 0.2) is 22.9 Å². The largest absolute Gasteiger partial charge is 0.466 e. The molecule has 2 rings (SSSR count). The monoisotopic (exact) mass is 354 g/mol. The summed E-state index contributed by atoms with van der Waals surface area (Å²) in [5.41, 5.74) is 0.539. The molecule has 114 valence electrons. The van der Waals surface area contributed by atoms with Crippen molar-refractivity contribution in [1.29, 1.82) is 0 Å². The number of halogens is 1. The lowest BCUT2D eigenvalue weighted by atomic mass is 9.86. The highest BCUT2D eigenvalue weighted by Gasteiger charge is 2.28. The van der Waals surface area contributed by atoms with Crippen LogP contribution in [0.2, 0.25) is 0 Å². The van der Waals surface area contributed by atoms with Gasteiger partial charge in [-0.3, -0.25) is 14.6 Å². The van der Waals surface area contributed by atoms with E-state index >= 15 is 0 Å². The van der Waals surface area contributed by atoms with Crippen LogP contribution in [0.1, 0.15) is 43.0 Å². The Hall–Kier alpha value is -1.43. The van der Waals surface area contributed by atoms with Crippen LogP contribution in [0.25, 0.3) is 0 Å². The molecule has 21 heavy (non-hydrogen) atoms. The summed E-state index contributed by atoms with van der Waals surface area (Å²) in [5.74, 6) is -0.257. The van der Waals surface area contributed by atoms with Gasteiger partial charge >= 0.3 is 5.97 Å². The number of nitrogens with one attached hydrogen (secondary N) is 1. The van der Waals surface area contributed by atoms with E-state index in [4.69, 9.17) is 4.74 Å². The third-order valence-corrected chi connectivity index (χ3v) is 4.08. The van der Waals surface area contributed by atoms with Crippen LogP contribution in [-0.4, -0.2) is 29.5 Å². The van der Waals surface area contributed by atoms with Crippen LogP contribution in [0.5, 0.6) is 0 Å². The topological polar surface area (TPSA) is 68.3 Å². The first-order chi connectivity index (χ1) is 10.1. The summed E-state index contributed by atoms with van der Waals surface area (Å²) in [7, 11) is 0. The third-order valence-electron chi connectivity index (χ3n) is 3.65. The predicted molar refractivity (Wildman–Crippen MR) is 81.8 cm³/mol. The molecule has 1 aliphatic carbocycles. The number of carbonyl (C=O) groups excluding carboxylic acids is 2. The van der Waals surface area contributed by atoms with E-state index in [1.165, 1.54) is 0 Å². The maximum absolute atomic E-state index is 12.1. The van der Waals surface area contributed by atoms with Crippen molar-refractivity contribution in [2.45, 2.75) is 38.6 Å². The van der Waals surface area contributed by atoms with E-state index in [-0.39, 0.29) is 23.8 Å². The van der Waals surface area contributed by atoms with Crippen molar-refractivity contribution in [2.24, 2.45) is 5.92 Å². The molecule has 0 aromatic carbocycles. The Morgan fingerprint density at radius 1 is 1.33 bits per heavy atom. The number of nitrogens with zero attached hydrogens (tertiary/aromatic N) is 1. The van der Waals surface area contributed by atoms with Gasteiger partial charge in [0.05, 0.1) is 18.1 Å². The molecule has 0 atom stereocenters. The lowest BCUT2D eigenvalue weighted by Crippen LogP contribution is -2.39. The highest BCUT2D eigenvalue weighted by molar-refractivity contribution is 9.10. The fourth-order valence-electron chi connectivity index (χ4n) is 2.54. The van der Waals surface area contributed by atoms with Crippen molar-refractivity contribution >= 4 is 27.8 Å². The molecule has 0 radical (unpaired) electrons. The van der Waals surface area contributed by atoms with Gasteiger partial charge in [-0.15, -0.1) is 0 Å². The second-order valence-corrected chi connectivity index (χ2v) is 6.08. The highest BCUT2D eigenvalue weighted by Crippen LogP contribution is 2.25. The average Bonchev–Trinajstić information content (AvgIpc) is 2.48. The number of amides is 1. The zero-order valence-electron chi connectivity index (χ0n) is 12.0. The first-order valence-electron chi connectivity index (χ1n) is 7.18. The number of ether oxygens (including phenoxy) is 1. The van der Waals surface area contributed by atoms with Gasteiger partial charge in [0.15, 0.2) is 0 Å². The van der Waals surface area contributed by atoms with Gasteiger partial charge in [0.1, 0.15) is 0 Å². The molecule has 1 N–H and O–H groups in total. The van der Waals surface area contributed by atoms with Crippen molar-refractivity contribution in [3.8, 4) is 0 Å². The second kappa shape index (κ2) is 7.54. The van der Waals surface area contributed by atoms with Gasteiger partial charge in [0, 0.05) is 22.9 Å². The molecule has 1 aromatic heterocycles. The molecular weight excluding hydrogens is 336 g/mol. The minimum Gasteiger partial charge on any atom is -0.466 e. The molecule has 0 bridgehead atoms. The number of hydrogen-bond donors (Lipinski definition) is 1. The zero-order valence-corrected chi connectivity index (χ0v) is 13.6. The third kappa shape index (κ3) is 4.52. The Labute approximate surface area is 132 Å². The zero-order chi connectivity index (χ0) is 15.2. The van der Waals surface area contributed by atoms with Crippen molar-refractivity contribution in [1.82, 2.24) is 10.3 Å². The van der Waals surface area contributed by atoms with E-state index in [0.717, 1.165) is 30.2 Å². The molecular formula is C15H19BrN2O3. The van der Waals surface area contributed by atoms with Crippen LogP contribution in [-0.2, 0) is 9.53 Å². The lowest BCUT2D eigenvalue weighted by molar-refractivity contribution is -0.149. The average molecular weight is 355 g/mol. The molecule has 0 aliphatic heterocycles. The van der Waals surface area contributed by atoms with Gasteiger partial charge in [0.25, 0.3) is 5.91 Å². The van der Waals surface area contributed by atoms with Gasteiger partial charge in [-0.05, 0) is 54.6 Å². The summed E-state index contributed by atoms with van der Waals surface area (Å²) in [6.45, 7) is 2.24. The Kier molecular flexibility index (Phi) is 5.73. The van der Waals surface area contributed by atoms with Crippen LogP contribution in [0.4, 0.5) is 0 Å². The van der Waals surface area contributed by atoms with E-state index in [9.17, 15) is 9.59 Å². The minimum absolute atomic E-state index is 0.0226. The van der Waals surface area contributed by atoms with Gasteiger partial charge in [-0.25, -0.2) is 0 Å². The van der Waals surface area contributed by atoms with Gasteiger partial charge in [0.2, 0.25) is 0 Å². The Morgan fingerprint density at radius 3 is 2.67 bits per heavy atom. The van der Waals surface area contributed by atoms with E-state index in [1.807, 2.05) is 6.92 Å². The molecule has 0 saturated heterocycles. The Morgan fingerprint density at radius 2 is 2.05 bits per heavy atom. The van der Waals surface area contributed by atoms with Crippen molar-refractivity contribution < 1.29 is 14.3 Å². The van der Waals surface area contributed by atoms with E-state index < -0.39 is 0 Å². The van der Waals surface area contributed by atoms with E-state index in [1.54, 1.807) is 18.5 Å². The molecule has 1 saturated carbocycles. The Balaban J connectivity index is 1.83. The summed E-state index contributed by atoms with van der Waals surface area (Å²) >= 11 is 3.30. The first kappa shape index (κ1) is 15.9. The number of esters is 1. The molecule has 0 spiro atoms. The maximum atomic E-state index is 12.1. The second-order valence-electron chi connectivity index (χ2n) is 5.17. The van der Waals surface area contributed by atoms with Gasteiger partial charge in [-0.2, -0.15) is 0 Å². The summed E-state index contributed by atoms with van der Waals surface area (Å²) in [5, 5.41) is 3.00. The van der Waals surface area contributed by atoms with Crippen LogP contribution in [0.3, 0.4) is 0 Å². The Bertz CT molecular complexity index is 513. The molecule has 0 unspecified atom stereocenters. The summed E-state index contributed by atoms with van der Waals surface area (Å²) in [6.07, 6.45) is 6.32. The number of aromatic nitrogens is 1. The molecule has 5 nitrogen and oxygen atoms in total. The number of rotatable bonds is 4. The van der Waals surface area contributed by atoms with Crippen molar-refractivity contribution in [3.05, 3.63) is 28.5 Å². The molecule has 1 heterocycles. The molecule has 1 fully saturated rings.